The molecule has 3 nitrogen and oxygen atoms in total. The fraction of sp³-hybridized carbons (Fsp3) is 0.267. The molecule has 1 aromatic carbocycles. The van der Waals surface area contributed by atoms with E-state index < -0.39 is 17.8 Å². The average Bonchev–Trinajstić information content (AvgIpc) is 2.37. The van der Waals surface area contributed by atoms with Gasteiger partial charge < -0.3 is 10.8 Å². The van der Waals surface area contributed by atoms with E-state index in [-0.39, 0.29) is 6.42 Å². The summed E-state index contributed by atoms with van der Waals surface area (Å²) in [6.07, 6.45) is -3.17. The number of alkyl halides is 3. The summed E-state index contributed by atoms with van der Waals surface area (Å²) in [7, 11) is 0. The van der Waals surface area contributed by atoms with Gasteiger partial charge in [-0.25, -0.2) is 4.98 Å². The summed E-state index contributed by atoms with van der Waals surface area (Å²) >= 11 is 0. The van der Waals surface area contributed by atoms with Crippen molar-refractivity contribution in [3.05, 3.63) is 59.3 Å². The van der Waals surface area contributed by atoms with Crippen LogP contribution in [0.15, 0.2) is 42.6 Å². The van der Waals surface area contributed by atoms with Crippen LogP contribution in [0.2, 0.25) is 0 Å². The summed E-state index contributed by atoms with van der Waals surface area (Å²) in [5.74, 6) is 0.346. The predicted octanol–water partition coefficient (Wildman–Crippen LogP) is 2.83. The summed E-state index contributed by atoms with van der Waals surface area (Å²) < 4.78 is 37.8. The van der Waals surface area contributed by atoms with E-state index in [1.807, 2.05) is 0 Å². The minimum absolute atomic E-state index is 0.145. The highest BCUT2D eigenvalue weighted by Gasteiger charge is 2.30. The quantitative estimate of drug-likeness (QED) is 0.912. The molecule has 6 heteroatoms. The number of aliphatic hydroxyl groups is 1. The van der Waals surface area contributed by atoms with Gasteiger partial charge in [-0.15, -0.1) is 0 Å². The van der Waals surface area contributed by atoms with E-state index in [4.69, 9.17) is 5.73 Å². The van der Waals surface area contributed by atoms with Crippen molar-refractivity contribution in [2.45, 2.75) is 25.1 Å². The molecule has 0 aliphatic rings. The van der Waals surface area contributed by atoms with Crippen LogP contribution >= 0.6 is 0 Å². The average molecular weight is 296 g/mol. The molecule has 2 aromatic rings. The third-order valence-corrected chi connectivity index (χ3v) is 3.04. The molecule has 0 aliphatic carbocycles. The zero-order valence-electron chi connectivity index (χ0n) is 11.1. The molecule has 0 radical (unpaired) electrons. The minimum Gasteiger partial charge on any atom is -0.392 e. The Hall–Kier alpha value is -2.08. The fourth-order valence-electron chi connectivity index (χ4n) is 2.11. The van der Waals surface area contributed by atoms with Crippen molar-refractivity contribution in [3.63, 3.8) is 0 Å². The second-order valence-corrected chi connectivity index (χ2v) is 4.85. The number of aliphatic hydroxyl groups excluding tert-OH is 1. The van der Waals surface area contributed by atoms with Crippen molar-refractivity contribution in [1.29, 1.82) is 0 Å². The van der Waals surface area contributed by atoms with Gasteiger partial charge in [0.2, 0.25) is 0 Å². The van der Waals surface area contributed by atoms with Crippen LogP contribution in [0.4, 0.5) is 19.0 Å². The second kappa shape index (κ2) is 6.13. The van der Waals surface area contributed by atoms with Gasteiger partial charge in [0.1, 0.15) is 5.82 Å². The molecule has 0 saturated carbocycles. The van der Waals surface area contributed by atoms with Gasteiger partial charge >= 0.3 is 6.18 Å². The Labute approximate surface area is 120 Å². The maximum atomic E-state index is 12.6. The molecule has 0 amide bonds. The Morgan fingerprint density at radius 1 is 1.10 bits per heavy atom. The molecule has 0 bridgehead atoms. The Morgan fingerprint density at radius 2 is 1.76 bits per heavy atom. The predicted molar refractivity (Wildman–Crippen MR) is 73.5 cm³/mol. The van der Waals surface area contributed by atoms with E-state index in [1.165, 1.54) is 12.3 Å². The lowest BCUT2D eigenvalue weighted by Gasteiger charge is -2.13. The SMILES string of the molecule is Nc1cc(CC(O)Cc2cccc(C(F)(F)F)c2)ccn1. The van der Waals surface area contributed by atoms with Crippen LogP contribution in [0.3, 0.4) is 0 Å². The third-order valence-electron chi connectivity index (χ3n) is 3.04. The highest BCUT2D eigenvalue weighted by atomic mass is 19.4. The molecular weight excluding hydrogens is 281 g/mol. The summed E-state index contributed by atoms with van der Waals surface area (Å²) in [4.78, 5) is 3.84. The molecule has 0 aliphatic heterocycles. The first-order valence-corrected chi connectivity index (χ1v) is 6.39. The Balaban J connectivity index is 2.04. The summed E-state index contributed by atoms with van der Waals surface area (Å²) in [5, 5.41) is 10.00. The van der Waals surface area contributed by atoms with Crippen LogP contribution in [-0.2, 0) is 19.0 Å². The summed E-state index contributed by atoms with van der Waals surface area (Å²) in [5.41, 5.74) is 6.07. The van der Waals surface area contributed by atoms with Gasteiger partial charge in [-0.05, 0) is 42.2 Å². The monoisotopic (exact) mass is 296 g/mol. The van der Waals surface area contributed by atoms with Gasteiger partial charge in [-0.2, -0.15) is 13.2 Å². The topological polar surface area (TPSA) is 59.1 Å². The number of hydrogen-bond acceptors (Lipinski definition) is 3. The number of halogens is 3. The van der Waals surface area contributed by atoms with Crippen molar-refractivity contribution in [3.8, 4) is 0 Å². The van der Waals surface area contributed by atoms with Gasteiger partial charge in [-0.1, -0.05) is 18.2 Å². The lowest BCUT2D eigenvalue weighted by molar-refractivity contribution is -0.137. The molecule has 0 spiro atoms. The molecule has 1 atom stereocenters. The van der Waals surface area contributed by atoms with Crippen molar-refractivity contribution < 1.29 is 18.3 Å². The lowest BCUT2D eigenvalue weighted by Crippen LogP contribution is -2.15. The molecule has 1 heterocycles. The number of nitrogens with two attached hydrogens (primary N) is 1. The number of pyridine rings is 1. The smallest absolute Gasteiger partial charge is 0.392 e. The number of nitrogens with zero attached hydrogens (tertiary/aromatic N) is 1. The van der Waals surface area contributed by atoms with Crippen molar-refractivity contribution >= 4 is 5.82 Å². The van der Waals surface area contributed by atoms with Crippen LogP contribution in [0.25, 0.3) is 0 Å². The fourth-order valence-corrected chi connectivity index (χ4v) is 2.11. The molecule has 2 rings (SSSR count). The van der Waals surface area contributed by atoms with Crippen molar-refractivity contribution in [2.24, 2.45) is 0 Å². The first kappa shape index (κ1) is 15.3. The largest absolute Gasteiger partial charge is 0.416 e. The van der Waals surface area contributed by atoms with Crippen LogP contribution < -0.4 is 5.73 Å². The van der Waals surface area contributed by atoms with Crippen LogP contribution in [0.1, 0.15) is 16.7 Å². The molecule has 0 fully saturated rings. The number of rotatable bonds is 4. The van der Waals surface area contributed by atoms with Gasteiger partial charge in [-0.3, -0.25) is 0 Å². The Bertz CT molecular complexity index is 614. The molecule has 3 N–H and O–H groups in total. The van der Waals surface area contributed by atoms with E-state index in [9.17, 15) is 18.3 Å². The summed E-state index contributed by atoms with van der Waals surface area (Å²) in [6.45, 7) is 0. The van der Waals surface area contributed by atoms with Gasteiger partial charge in [0.15, 0.2) is 0 Å². The van der Waals surface area contributed by atoms with Crippen LogP contribution in [0, 0.1) is 0 Å². The van der Waals surface area contributed by atoms with Gasteiger partial charge in [0.05, 0.1) is 11.7 Å². The van der Waals surface area contributed by atoms with E-state index in [1.54, 1.807) is 18.2 Å². The molecule has 21 heavy (non-hydrogen) atoms. The van der Waals surface area contributed by atoms with Crippen molar-refractivity contribution in [2.75, 3.05) is 5.73 Å². The molecule has 0 saturated heterocycles. The van der Waals surface area contributed by atoms with E-state index in [2.05, 4.69) is 4.98 Å². The number of hydrogen-bond donors (Lipinski definition) is 2. The molecule has 112 valence electrons. The molecule has 1 aromatic heterocycles. The van der Waals surface area contributed by atoms with Crippen LogP contribution in [-0.4, -0.2) is 16.2 Å². The molecule has 1 unspecified atom stereocenters. The molecular formula is C15H15F3N2O. The maximum absolute atomic E-state index is 12.6. The van der Waals surface area contributed by atoms with Gasteiger partial charge in [0, 0.05) is 6.20 Å². The lowest BCUT2D eigenvalue weighted by atomic mass is 10.0. The highest BCUT2D eigenvalue weighted by Crippen LogP contribution is 2.29. The first-order chi connectivity index (χ1) is 9.84. The zero-order chi connectivity index (χ0) is 15.5. The van der Waals surface area contributed by atoms with E-state index in [0.29, 0.717) is 17.8 Å². The second-order valence-electron chi connectivity index (χ2n) is 4.85. The number of aromatic nitrogens is 1. The maximum Gasteiger partial charge on any atom is 0.416 e. The Kier molecular flexibility index (Phi) is 4.47. The first-order valence-electron chi connectivity index (χ1n) is 6.39. The normalized spacial score (nSPS) is 13.1. The van der Waals surface area contributed by atoms with E-state index >= 15 is 0 Å². The third kappa shape index (κ3) is 4.46. The number of anilines is 1. The van der Waals surface area contributed by atoms with Gasteiger partial charge in [0.25, 0.3) is 0 Å². The number of benzene rings is 1. The Morgan fingerprint density at radius 3 is 2.38 bits per heavy atom. The number of nitrogen functional groups attached to an aromatic ring is 1. The summed E-state index contributed by atoms with van der Waals surface area (Å²) in [6, 6.07) is 8.33. The minimum atomic E-state index is -4.37. The van der Waals surface area contributed by atoms with Crippen LogP contribution in [0.5, 0.6) is 0 Å². The standard InChI is InChI=1S/C15H15F3N2O/c16-15(17,18)12-3-1-2-10(6-12)7-13(21)8-11-4-5-20-14(19)9-11/h1-6,9,13,21H,7-8H2,(H2,19,20). The highest BCUT2D eigenvalue weighted by molar-refractivity contribution is 5.32. The van der Waals surface area contributed by atoms with Crippen molar-refractivity contribution in [1.82, 2.24) is 4.98 Å². The zero-order valence-corrected chi connectivity index (χ0v) is 11.1. The van der Waals surface area contributed by atoms with E-state index in [0.717, 1.165) is 17.7 Å².